The first-order valence-corrected chi connectivity index (χ1v) is 7.99. The molecule has 4 aromatic heterocycles. The van der Waals surface area contributed by atoms with Crippen LogP contribution in [0.1, 0.15) is 21.7 Å². The van der Waals surface area contributed by atoms with Crippen LogP contribution in [0.2, 0.25) is 0 Å². The molecule has 0 saturated heterocycles. The molecule has 0 radical (unpaired) electrons. The highest BCUT2D eigenvalue weighted by molar-refractivity contribution is 7.17. The highest BCUT2D eigenvalue weighted by Crippen LogP contribution is 2.23. The van der Waals surface area contributed by atoms with Crippen molar-refractivity contribution in [1.29, 1.82) is 0 Å². The normalized spacial score (nSPS) is 11.2. The zero-order chi connectivity index (χ0) is 15.8. The Labute approximate surface area is 135 Å². The Kier molecular flexibility index (Phi) is 3.27. The van der Waals surface area contributed by atoms with Crippen molar-refractivity contribution in [3.8, 4) is 0 Å². The average molecular weight is 323 g/mol. The number of nitrogens with one attached hydrogen (secondary N) is 1. The Morgan fingerprint density at radius 1 is 1.30 bits per heavy atom. The Balaban J connectivity index is 1.55. The van der Waals surface area contributed by atoms with Gasteiger partial charge in [-0.15, -0.1) is 11.3 Å². The van der Waals surface area contributed by atoms with E-state index in [1.165, 1.54) is 11.3 Å². The van der Waals surface area contributed by atoms with Crippen LogP contribution >= 0.6 is 11.3 Å². The second kappa shape index (κ2) is 5.44. The summed E-state index contributed by atoms with van der Waals surface area (Å²) in [6.07, 6.45) is 7.14. The lowest BCUT2D eigenvalue weighted by Crippen LogP contribution is -2.23. The standard InChI is InChI=1S/C16H13N5OS/c1-10-2-4-21-9-12(20-16(21)19-10)7-18-15(22)13-8-17-6-11-3-5-23-14(11)13/h2-6,8-9H,7H2,1H3,(H,18,22). The molecule has 0 fully saturated rings. The fraction of sp³-hybridized carbons (Fsp3) is 0.125. The Morgan fingerprint density at radius 3 is 3.13 bits per heavy atom. The average Bonchev–Trinajstić information content (AvgIpc) is 3.17. The summed E-state index contributed by atoms with van der Waals surface area (Å²) in [7, 11) is 0. The van der Waals surface area contributed by atoms with Crippen molar-refractivity contribution >= 4 is 33.1 Å². The van der Waals surface area contributed by atoms with Crippen LogP contribution in [0, 0.1) is 6.92 Å². The van der Waals surface area contributed by atoms with Crippen LogP contribution in [-0.2, 0) is 6.54 Å². The number of carbonyl (C=O) groups is 1. The van der Waals surface area contributed by atoms with E-state index in [9.17, 15) is 4.79 Å². The minimum atomic E-state index is -0.147. The number of rotatable bonds is 3. The molecule has 6 nitrogen and oxygen atoms in total. The third-order valence-electron chi connectivity index (χ3n) is 3.55. The first kappa shape index (κ1) is 13.8. The number of nitrogens with zero attached hydrogens (tertiary/aromatic N) is 4. The first-order chi connectivity index (χ1) is 11.2. The van der Waals surface area contributed by atoms with Crippen LogP contribution in [0.3, 0.4) is 0 Å². The van der Waals surface area contributed by atoms with Crippen molar-refractivity contribution in [2.75, 3.05) is 0 Å². The molecular weight excluding hydrogens is 310 g/mol. The van der Waals surface area contributed by atoms with E-state index in [-0.39, 0.29) is 5.91 Å². The molecule has 0 aromatic carbocycles. The van der Waals surface area contributed by atoms with Crippen LogP contribution in [0.15, 0.2) is 42.3 Å². The van der Waals surface area contributed by atoms with Crippen molar-refractivity contribution in [3.05, 3.63) is 59.3 Å². The minimum absolute atomic E-state index is 0.147. The van der Waals surface area contributed by atoms with Gasteiger partial charge in [0.25, 0.3) is 5.91 Å². The quantitative estimate of drug-likeness (QED) is 0.629. The highest BCUT2D eigenvalue weighted by Gasteiger charge is 2.12. The maximum absolute atomic E-state index is 12.4. The van der Waals surface area contributed by atoms with Crippen molar-refractivity contribution < 1.29 is 4.79 Å². The van der Waals surface area contributed by atoms with Gasteiger partial charge in [0, 0.05) is 35.9 Å². The van der Waals surface area contributed by atoms with Gasteiger partial charge in [-0.1, -0.05) is 0 Å². The van der Waals surface area contributed by atoms with Crippen LogP contribution in [0.25, 0.3) is 15.9 Å². The van der Waals surface area contributed by atoms with Gasteiger partial charge in [-0.05, 0) is 24.4 Å². The van der Waals surface area contributed by atoms with Gasteiger partial charge in [0.15, 0.2) is 0 Å². The van der Waals surface area contributed by atoms with Gasteiger partial charge in [0.2, 0.25) is 5.78 Å². The molecule has 4 rings (SSSR count). The molecule has 0 bridgehead atoms. The zero-order valence-electron chi connectivity index (χ0n) is 12.4. The largest absolute Gasteiger partial charge is 0.346 e. The molecule has 0 aliphatic heterocycles. The van der Waals surface area contributed by atoms with Gasteiger partial charge >= 0.3 is 0 Å². The third-order valence-corrected chi connectivity index (χ3v) is 4.51. The lowest BCUT2D eigenvalue weighted by Gasteiger charge is -2.03. The number of imidazole rings is 1. The zero-order valence-corrected chi connectivity index (χ0v) is 13.2. The Hall–Kier alpha value is -2.80. The summed E-state index contributed by atoms with van der Waals surface area (Å²) < 4.78 is 2.79. The molecule has 114 valence electrons. The number of amides is 1. The van der Waals surface area contributed by atoms with E-state index < -0.39 is 0 Å². The van der Waals surface area contributed by atoms with E-state index in [0.717, 1.165) is 21.5 Å². The maximum atomic E-state index is 12.4. The fourth-order valence-corrected chi connectivity index (χ4v) is 3.29. The molecule has 1 amide bonds. The molecule has 0 unspecified atom stereocenters. The lowest BCUT2D eigenvalue weighted by molar-refractivity contribution is 0.0952. The molecular formula is C16H13N5OS. The molecule has 0 aliphatic rings. The molecule has 0 saturated carbocycles. The predicted molar refractivity (Wildman–Crippen MR) is 88.5 cm³/mol. The number of aromatic nitrogens is 4. The van der Waals surface area contributed by atoms with Crippen LogP contribution in [0.4, 0.5) is 0 Å². The summed E-state index contributed by atoms with van der Waals surface area (Å²) in [4.78, 5) is 25.3. The Bertz CT molecular complexity index is 1020. The highest BCUT2D eigenvalue weighted by atomic mass is 32.1. The monoisotopic (exact) mass is 323 g/mol. The summed E-state index contributed by atoms with van der Waals surface area (Å²) in [5, 5.41) is 5.84. The van der Waals surface area contributed by atoms with Crippen molar-refractivity contribution in [3.63, 3.8) is 0 Å². The molecule has 0 atom stereocenters. The SMILES string of the molecule is Cc1ccn2cc(CNC(=O)c3cncc4ccsc34)nc2n1. The van der Waals surface area contributed by atoms with E-state index in [1.807, 2.05) is 41.2 Å². The number of hydrogen-bond donors (Lipinski definition) is 1. The summed E-state index contributed by atoms with van der Waals surface area (Å²) in [6, 6.07) is 3.88. The van der Waals surface area contributed by atoms with E-state index in [1.54, 1.807) is 12.4 Å². The summed E-state index contributed by atoms with van der Waals surface area (Å²) in [5.74, 6) is 0.489. The van der Waals surface area contributed by atoms with Gasteiger partial charge in [-0.3, -0.25) is 14.2 Å². The predicted octanol–water partition coefficient (Wildman–Crippen LogP) is 2.58. The van der Waals surface area contributed by atoms with Crippen molar-refractivity contribution in [1.82, 2.24) is 24.7 Å². The van der Waals surface area contributed by atoms with Gasteiger partial charge in [0.1, 0.15) is 0 Å². The maximum Gasteiger partial charge on any atom is 0.254 e. The number of pyridine rings is 1. The topological polar surface area (TPSA) is 72.2 Å². The smallest absolute Gasteiger partial charge is 0.254 e. The number of fused-ring (bicyclic) bond motifs is 2. The first-order valence-electron chi connectivity index (χ1n) is 7.11. The van der Waals surface area contributed by atoms with E-state index in [4.69, 9.17) is 0 Å². The Morgan fingerprint density at radius 2 is 2.22 bits per heavy atom. The second-order valence-corrected chi connectivity index (χ2v) is 6.13. The summed E-state index contributed by atoms with van der Waals surface area (Å²) in [5.41, 5.74) is 2.27. The van der Waals surface area contributed by atoms with E-state index >= 15 is 0 Å². The third kappa shape index (κ3) is 2.55. The number of hydrogen-bond acceptors (Lipinski definition) is 5. The van der Waals surface area contributed by atoms with Crippen LogP contribution in [0.5, 0.6) is 0 Å². The molecule has 23 heavy (non-hydrogen) atoms. The summed E-state index contributed by atoms with van der Waals surface area (Å²) >= 11 is 1.54. The summed E-state index contributed by atoms with van der Waals surface area (Å²) in [6.45, 7) is 2.27. The fourth-order valence-electron chi connectivity index (χ4n) is 2.41. The number of carbonyl (C=O) groups excluding carboxylic acids is 1. The van der Waals surface area contributed by atoms with Gasteiger partial charge in [-0.2, -0.15) is 0 Å². The van der Waals surface area contributed by atoms with E-state index in [2.05, 4.69) is 20.3 Å². The molecule has 0 aliphatic carbocycles. The molecule has 4 aromatic rings. The van der Waals surface area contributed by atoms with Crippen LogP contribution < -0.4 is 5.32 Å². The van der Waals surface area contributed by atoms with Crippen molar-refractivity contribution in [2.45, 2.75) is 13.5 Å². The number of thiophene rings is 1. The second-order valence-electron chi connectivity index (χ2n) is 5.22. The van der Waals surface area contributed by atoms with Crippen molar-refractivity contribution in [2.24, 2.45) is 0 Å². The molecule has 7 heteroatoms. The van der Waals surface area contributed by atoms with Gasteiger partial charge in [0.05, 0.1) is 22.5 Å². The number of aryl methyl sites for hydroxylation is 1. The van der Waals surface area contributed by atoms with E-state index in [0.29, 0.717) is 17.9 Å². The molecule has 0 spiro atoms. The van der Waals surface area contributed by atoms with Gasteiger partial charge in [-0.25, -0.2) is 9.97 Å². The van der Waals surface area contributed by atoms with Crippen LogP contribution in [-0.4, -0.2) is 25.3 Å². The molecule has 4 heterocycles. The minimum Gasteiger partial charge on any atom is -0.346 e. The van der Waals surface area contributed by atoms with Gasteiger partial charge < -0.3 is 5.32 Å². The molecule has 1 N–H and O–H groups in total. The lowest BCUT2D eigenvalue weighted by atomic mass is 10.2.